The first kappa shape index (κ1) is 17.8. The molecule has 136 valence electrons. The Morgan fingerprint density at radius 2 is 2.08 bits per heavy atom. The maximum atomic E-state index is 5.40. The van der Waals surface area contributed by atoms with E-state index in [1.807, 2.05) is 43.3 Å². The van der Waals surface area contributed by atoms with Crippen LogP contribution in [-0.4, -0.2) is 31.8 Å². The van der Waals surface area contributed by atoms with E-state index < -0.39 is 0 Å². The fourth-order valence-corrected chi connectivity index (χ4v) is 2.52. The molecule has 0 saturated heterocycles. The number of hydrazone groups is 1. The van der Waals surface area contributed by atoms with Gasteiger partial charge in [0, 0.05) is 11.3 Å². The summed E-state index contributed by atoms with van der Waals surface area (Å²) in [5, 5.41) is 7.55. The third kappa shape index (κ3) is 4.34. The molecule has 0 spiro atoms. The molecule has 26 heavy (non-hydrogen) atoms. The second-order valence-corrected chi connectivity index (χ2v) is 5.65. The van der Waals surface area contributed by atoms with Crippen molar-refractivity contribution in [2.24, 2.45) is 5.10 Å². The van der Waals surface area contributed by atoms with Gasteiger partial charge in [0.25, 0.3) is 0 Å². The highest BCUT2D eigenvalue weighted by Gasteiger charge is 2.19. The van der Waals surface area contributed by atoms with Crippen LogP contribution in [0.2, 0.25) is 0 Å². The van der Waals surface area contributed by atoms with Crippen LogP contribution in [0.5, 0.6) is 23.0 Å². The Morgan fingerprint density at radius 3 is 2.81 bits per heavy atom. The minimum absolute atomic E-state index is 0.181. The SMILES string of the molecule is CCOc1ccc(NC(=S)N/N=C\c2cc(OC)c3c(c2)OCO3)cc1. The zero-order valence-electron chi connectivity index (χ0n) is 14.4. The summed E-state index contributed by atoms with van der Waals surface area (Å²) in [5.41, 5.74) is 4.40. The quantitative estimate of drug-likeness (QED) is 0.458. The van der Waals surface area contributed by atoms with Gasteiger partial charge in [-0.3, -0.25) is 5.43 Å². The number of nitrogens with zero attached hydrogens (tertiary/aromatic N) is 1. The second-order valence-electron chi connectivity index (χ2n) is 5.24. The number of nitrogens with one attached hydrogen (secondary N) is 2. The summed E-state index contributed by atoms with van der Waals surface area (Å²) in [7, 11) is 1.58. The topological polar surface area (TPSA) is 73.3 Å². The van der Waals surface area contributed by atoms with Crippen LogP contribution in [-0.2, 0) is 0 Å². The molecule has 3 rings (SSSR count). The normalized spacial score (nSPS) is 12.1. The van der Waals surface area contributed by atoms with Gasteiger partial charge in [-0.25, -0.2) is 0 Å². The van der Waals surface area contributed by atoms with Crippen molar-refractivity contribution in [1.82, 2.24) is 5.43 Å². The Hall–Kier alpha value is -3.00. The van der Waals surface area contributed by atoms with Gasteiger partial charge in [0.1, 0.15) is 5.75 Å². The summed E-state index contributed by atoms with van der Waals surface area (Å²) < 4.78 is 21.4. The molecule has 8 heteroatoms. The highest BCUT2D eigenvalue weighted by Crippen LogP contribution is 2.41. The Morgan fingerprint density at radius 1 is 1.27 bits per heavy atom. The minimum Gasteiger partial charge on any atom is -0.494 e. The van der Waals surface area contributed by atoms with Crippen molar-refractivity contribution in [3.8, 4) is 23.0 Å². The first-order valence-corrected chi connectivity index (χ1v) is 8.41. The van der Waals surface area contributed by atoms with Gasteiger partial charge < -0.3 is 24.3 Å². The predicted molar refractivity (Wildman–Crippen MR) is 104 cm³/mol. The lowest BCUT2D eigenvalue weighted by atomic mass is 10.2. The Balaban J connectivity index is 1.57. The van der Waals surface area contributed by atoms with E-state index in [1.165, 1.54) is 0 Å². The molecule has 0 bridgehead atoms. The Bertz CT molecular complexity index is 809. The van der Waals surface area contributed by atoms with Gasteiger partial charge >= 0.3 is 0 Å². The van der Waals surface area contributed by atoms with Crippen molar-refractivity contribution in [3.63, 3.8) is 0 Å². The Kier molecular flexibility index (Phi) is 5.75. The molecule has 0 amide bonds. The van der Waals surface area contributed by atoms with Gasteiger partial charge in [0.05, 0.1) is 19.9 Å². The van der Waals surface area contributed by atoms with Crippen LogP contribution in [0.15, 0.2) is 41.5 Å². The molecule has 0 aliphatic carbocycles. The van der Waals surface area contributed by atoms with Crippen LogP contribution in [0.4, 0.5) is 5.69 Å². The predicted octanol–water partition coefficient (Wildman–Crippen LogP) is 3.14. The highest BCUT2D eigenvalue weighted by atomic mass is 32.1. The van der Waals surface area contributed by atoms with E-state index in [9.17, 15) is 0 Å². The maximum Gasteiger partial charge on any atom is 0.231 e. The smallest absolute Gasteiger partial charge is 0.231 e. The molecule has 1 heterocycles. The first-order valence-electron chi connectivity index (χ1n) is 8.00. The molecule has 0 radical (unpaired) electrons. The van der Waals surface area contributed by atoms with Crippen molar-refractivity contribution in [2.75, 3.05) is 25.8 Å². The van der Waals surface area contributed by atoms with Crippen LogP contribution in [0.1, 0.15) is 12.5 Å². The van der Waals surface area contributed by atoms with Gasteiger partial charge in [-0.1, -0.05) is 0 Å². The van der Waals surface area contributed by atoms with Crippen LogP contribution in [0, 0.1) is 0 Å². The molecular weight excluding hydrogens is 354 g/mol. The van der Waals surface area contributed by atoms with E-state index in [-0.39, 0.29) is 6.79 Å². The van der Waals surface area contributed by atoms with Crippen molar-refractivity contribution in [3.05, 3.63) is 42.0 Å². The van der Waals surface area contributed by atoms with Gasteiger partial charge in [-0.2, -0.15) is 5.10 Å². The molecule has 2 aromatic carbocycles. The summed E-state index contributed by atoms with van der Waals surface area (Å²) in [5.74, 6) is 2.63. The van der Waals surface area contributed by atoms with Gasteiger partial charge in [-0.05, 0) is 55.5 Å². The van der Waals surface area contributed by atoms with E-state index in [0.29, 0.717) is 29.0 Å². The van der Waals surface area contributed by atoms with Gasteiger partial charge in [0.15, 0.2) is 16.6 Å². The van der Waals surface area contributed by atoms with Crippen molar-refractivity contribution in [2.45, 2.75) is 6.92 Å². The number of methoxy groups -OCH3 is 1. The van der Waals surface area contributed by atoms with E-state index in [4.69, 9.17) is 31.2 Å². The van der Waals surface area contributed by atoms with Crippen LogP contribution in [0.25, 0.3) is 0 Å². The second kappa shape index (κ2) is 8.39. The number of ether oxygens (including phenoxy) is 4. The highest BCUT2D eigenvalue weighted by molar-refractivity contribution is 7.80. The average molecular weight is 373 g/mol. The number of rotatable bonds is 6. The van der Waals surface area contributed by atoms with Crippen molar-refractivity contribution >= 4 is 29.2 Å². The van der Waals surface area contributed by atoms with E-state index >= 15 is 0 Å². The molecule has 0 fully saturated rings. The van der Waals surface area contributed by atoms with E-state index in [1.54, 1.807) is 13.3 Å². The summed E-state index contributed by atoms with van der Waals surface area (Å²) in [4.78, 5) is 0. The standard InChI is InChI=1S/C18H19N3O4S/c1-3-23-14-6-4-13(5-7-14)20-18(26)21-19-10-12-8-15(22-2)17-16(9-12)24-11-25-17/h4-10H,3,11H2,1-2H3,(H2,20,21,26)/b19-10-. The maximum absolute atomic E-state index is 5.40. The zero-order valence-corrected chi connectivity index (χ0v) is 15.3. The molecule has 0 atom stereocenters. The van der Waals surface area contributed by atoms with E-state index in [2.05, 4.69) is 15.8 Å². The van der Waals surface area contributed by atoms with Gasteiger partial charge in [0.2, 0.25) is 12.5 Å². The minimum atomic E-state index is 0.181. The number of anilines is 1. The molecule has 0 aromatic heterocycles. The lowest BCUT2D eigenvalue weighted by molar-refractivity contribution is 0.171. The summed E-state index contributed by atoms with van der Waals surface area (Å²) in [6.45, 7) is 2.76. The molecule has 7 nitrogen and oxygen atoms in total. The van der Waals surface area contributed by atoms with Crippen LogP contribution >= 0.6 is 12.2 Å². The number of fused-ring (bicyclic) bond motifs is 1. The average Bonchev–Trinajstić information content (AvgIpc) is 3.11. The fraction of sp³-hybridized carbons (Fsp3) is 0.222. The monoisotopic (exact) mass is 373 g/mol. The third-order valence-corrected chi connectivity index (χ3v) is 3.68. The van der Waals surface area contributed by atoms with Crippen molar-refractivity contribution in [1.29, 1.82) is 0 Å². The number of benzene rings is 2. The lowest BCUT2D eigenvalue weighted by Crippen LogP contribution is -2.23. The molecular formula is C18H19N3O4S. The first-order chi connectivity index (χ1) is 12.7. The number of thiocarbonyl (C=S) groups is 1. The summed E-state index contributed by atoms with van der Waals surface area (Å²) in [6.07, 6.45) is 1.62. The molecule has 2 aromatic rings. The van der Waals surface area contributed by atoms with E-state index in [0.717, 1.165) is 17.0 Å². The molecule has 0 unspecified atom stereocenters. The number of hydrogen-bond donors (Lipinski definition) is 2. The van der Waals surface area contributed by atoms with Crippen molar-refractivity contribution < 1.29 is 18.9 Å². The summed E-state index contributed by atoms with van der Waals surface area (Å²) in [6, 6.07) is 11.1. The largest absolute Gasteiger partial charge is 0.494 e. The number of hydrogen-bond acceptors (Lipinski definition) is 6. The molecule has 2 N–H and O–H groups in total. The Labute approximate surface area is 156 Å². The summed E-state index contributed by atoms with van der Waals surface area (Å²) >= 11 is 5.23. The zero-order chi connectivity index (χ0) is 18.4. The van der Waals surface area contributed by atoms with Gasteiger partial charge in [-0.15, -0.1) is 0 Å². The third-order valence-electron chi connectivity index (χ3n) is 3.48. The lowest BCUT2D eigenvalue weighted by Gasteiger charge is -2.08. The fourth-order valence-electron chi connectivity index (χ4n) is 2.35. The molecule has 1 aliphatic rings. The van der Waals surface area contributed by atoms with Crippen LogP contribution in [0.3, 0.4) is 0 Å². The van der Waals surface area contributed by atoms with Crippen LogP contribution < -0.4 is 29.7 Å². The molecule has 1 aliphatic heterocycles. The molecule has 0 saturated carbocycles.